The second kappa shape index (κ2) is 11.1. The van der Waals surface area contributed by atoms with Gasteiger partial charge in [0, 0.05) is 55.4 Å². The van der Waals surface area contributed by atoms with Crippen molar-refractivity contribution in [2.24, 2.45) is 7.05 Å². The van der Waals surface area contributed by atoms with E-state index in [-0.39, 0.29) is 21.8 Å². The van der Waals surface area contributed by atoms with Crippen molar-refractivity contribution >= 4 is 34.5 Å². The number of aryl methyl sites for hydroxylation is 2. The van der Waals surface area contributed by atoms with E-state index in [1.165, 1.54) is 24.2 Å². The number of imidazole rings is 1. The Kier molecular flexibility index (Phi) is 7.71. The maximum Gasteiger partial charge on any atom is 0.270 e. The second-order valence-corrected chi connectivity index (χ2v) is 9.21. The zero-order valence-corrected chi connectivity index (χ0v) is 21.8. The van der Waals surface area contributed by atoms with Crippen molar-refractivity contribution in [3.05, 3.63) is 71.5 Å². The minimum absolute atomic E-state index is 0. The Bertz CT molecular complexity index is 1460. The van der Waals surface area contributed by atoms with E-state index in [0.717, 1.165) is 22.7 Å². The van der Waals surface area contributed by atoms with Crippen LogP contribution in [0.1, 0.15) is 52.6 Å². The lowest BCUT2D eigenvalue weighted by Crippen LogP contribution is -2.33. The van der Waals surface area contributed by atoms with Gasteiger partial charge in [-0.1, -0.05) is 19.9 Å². The third-order valence-electron chi connectivity index (χ3n) is 5.99. The lowest BCUT2D eigenvalue weighted by atomic mass is 9.97. The van der Waals surface area contributed by atoms with Crippen LogP contribution in [-0.2, 0) is 11.8 Å². The maximum atomic E-state index is 12.4. The monoisotopic (exact) mass is 506 g/mol. The number of benzene rings is 2. The number of amides is 2. The van der Waals surface area contributed by atoms with Crippen molar-refractivity contribution < 1.29 is 18.6 Å². The number of rotatable bonds is 9. The van der Waals surface area contributed by atoms with Gasteiger partial charge in [0.05, 0.1) is 11.0 Å². The van der Waals surface area contributed by atoms with Crippen molar-refractivity contribution in [2.45, 2.75) is 33.6 Å². The first-order valence-electron chi connectivity index (χ1n) is 12.2. The van der Waals surface area contributed by atoms with Gasteiger partial charge in [-0.2, -0.15) is 0 Å². The molecule has 0 atom stereocenters. The highest BCUT2D eigenvalue weighted by Crippen LogP contribution is 2.29. The van der Waals surface area contributed by atoms with Crippen LogP contribution in [0.15, 0.2) is 54.7 Å². The lowest BCUT2D eigenvalue weighted by Gasteiger charge is -2.13. The van der Waals surface area contributed by atoms with E-state index in [9.17, 15) is 9.59 Å². The van der Waals surface area contributed by atoms with E-state index in [1.807, 2.05) is 29.8 Å². The van der Waals surface area contributed by atoms with E-state index >= 15 is 0 Å². The van der Waals surface area contributed by atoms with Gasteiger partial charge in [-0.3, -0.25) is 14.6 Å². The van der Waals surface area contributed by atoms with E-state index in [1.54, 1.807) is 12.1 Å². The molecule has 198 valence electrons. The Morgan fingerprint density at radius 3 is 2.54 bits per heavy atom. The number of hydrogen-bond donors (Lipinski definition) is 3. The van der Waals surface area contributed by atoms with Gasteiger partial charge >= 0.3 is 0 Å². The van der Waals surface area contributed by atoms with E-state index in [4.69, 9.17) is 9.72 Å². The first-order chi connectivity index (χ1) is 17.7. The fraction of sp³-hybridized carbons (Fsp3) is 0.286. The van der Waals surface area contributed by atoms with Crippen molar-refractivity contribution in [3.8, 4) is 11.5 Å². The number of fused-ring (bicyclic) bond motifs is 1. The summed E-state index contributed by atoms with van der Waals surface area (Å²) in [5, 5.41) is 8.78. The second-order valence-electron chi connectivity index (χ2n) is 9.21. The van der Waals surface area contributed by atoms with Crippen LogP contribution < -0.4 is 20.7 Å². The average Bonchev–Trinajstić information content (AvgIpc) is 3.17. The fourth-order valence-electron chi connectivity index (χ4n) is 4.06. The third-order valence-corrected chi connectivity index (χ3v) is 5.99. The number of nitrogens with one attached hydrogen (secondary N) is 3. The smallest absolute Gasteiger partial charge is 0.270 e. The number of carbonyl (C=O) groups is 2. The molecule has 0 aliphatic carbocycles. The van der Waals surface area contributed by atoms with Crippen LogP contribution in [0.3, 0.4) is 0 Å². The summed E-state index contributed by atoms with van der Waals surface area (Å²) in [6.07, 6.45) is 1.52. The molecule has 2 aromatic heterocycles. The molecule has 2 amide bonds. The molecule has 0 unspecified atom stereocenters. The molecule has 0 saturated heterocycles. The predicted octanol–water partition coefficient (Wildman–Crippen LogP) is 5.54. The van der Waals surface area contributed by atoms with Crippen LogP contribution in [-0.4, -0.2) is 39.4 Å². The molecule has 0 radical (unpaired) electrons. The van der Waals surface area contributed by atoms with Crippen LogP contribution in [0.2, 0.25) is 0 Å². The highest BCUT2D eigenvalue weighted by atomic mass is 16.5. The Labute approximate surface area is 220 Å². The fourth-order valence-corrected chi connectivity index (χ4v) is 4.06. The number of carbonyl (C=O) groups excluding carboxylic acids is 2. The highest BCUT2D eigenvalue weighted by molar-refractivity contribution is 5.92. The molecule has 3 N–H and O–H groups in total. The van der Waals surface area contributed by atoms with E-state index in [0.29, 0.717) is 30.5 Å². The van der Waals surface area contributed by atoms with Gasteiger partial charge in [-0.05, 0) is 54.3 Å². The average molecular weight is 507 g/mol. The van der Waals surface area contributed by atoms with Gasteiger partial charge in [0.2, 0.25) is 11.9 Å². The number of hydrogen-bond acceptors (Lipinski definition) is 6. The first kappa shape index (κ1) is 25.7. The summed E-state index contributed by atoms with van der Waals surface area (Å²) in [7, 11) is 1.97. The van der Waals surface area contributed by atoms with Crippen molar-refractivity contribution in [2.75, 3.05) is 18.4 Å². The molecular formula is C28H38N6O3. The van der Waals surface area contributed by atoms with Crippen molar-refractivity contribution in [3.63, 3.8) is 0 Å². The van der Waals surface area contributed by atoms with Crippen LogP contribution >= 0.6 is 0 Å². The van der Waals surface area contributed by atoms with Crippen molar-refractivity contribution in [1.29, 1.82) is 0 Å². The molecule has 2 aromatic carbocycles. The van der Waals surface area contributed by atoms with Crippen molar-refractivity contribution in [1.82, 2.24) is 25.2 Å². The molecule has 37 heavy (non-hydrogen) atoms. The molecule has 4 rings (SSSR count). The zero-order valence-electron chi connectivity index (χ0n) is 21.8. The van der Waals surface area contributed by atoms with Gasteiger partial charge in [0.15, 0.2) is 0 Å². The first-order valence-corrected chi connectivity index (χ1v) is 12.2. The Morgan fingerprint density at radius 1 is 1.03 bits per heavy atom. The summed E-state index contributed by atoms with van der Waals surface area (Å²) in [6, 6.07) is 15.3. The molecule has 0 aliphatic rings. The zero-order chi connectivity index (χ0) is 26.5. The van der Waals surface area contributed by atoms with Gasteiger partial charge in [-0.25, -0.2) is 4.98 Å². The van der Waals surface area contributed by atoms with E-state index < -0.39 is 0 Å². The molecule has 0 bridgehead atoms. The summed E-state index contributed by atoms with van der Waals surface area (Å²) in [5.74, 6) is 1.75. The molecule has 0 aliphatic heterocycles. The molecule has 0 spiro atoms. The summed E-state index contributed by atoms with van der Waals surface area (Å²) in [4.78, 5) is 32.2. The standard InChI is InChI=1S/C28H32N6O3.3H2/c1-17(2)23-14-20(7-6-18(23)3)32-28-33-24-15-21(8-9-26(24)34(28)5)37-22-10-11-30-25(16-22)27(36)31-13-12-29-19(4)35;;;/h6-11,14-17H,12-13H2,1-5H3,(H,29,35)(H,31,36)(H,32,33);3*1H. The molecule has 4 aromatic rings. The summed E-state index contributed by atoms with van der Waals surface area (Å²) in [6.45, 7) is 8.59. The topological polar surface area (TPSA) is 110 Å². The third kappa shape index (κ3) is 6.24. The SMILES string of the molecule is CC(=O)NCCNC(=O)c1cc(Oc2ccc3c(c2)nc(Nc2ccc(C)c(C(C)C)c2)n3C)ccn1.[HH].[HH].[HH]. The largest absolute Gasteiger partial charge is 0.457 e. The minimum atomic E-state index is -0.344. The Balaban J connectivity index is 0.00000267. The summed E-state index contributed by atoms with van der Waals surface area (Å²) in [5.41, 5.74) is 5.53. The van der Waals surface area contributed by atoms with Crippen LogP contribution in [0.25, 0.3) is 11.0 Å². The van der Waals surface area contributed by atoms with Gasteiger partial charge in [-0.15, -0.1) is 0 Å². The normalized spacial score (nSPS) is 11.0. The summed E-state index contributed by atoms with van der Waals surface area (Å²) >= 11 is 0. The molecule has 0 saturated carbocycles. The number of ether oxygens (including phenoxy) is 1. The molecule has 9 nitrogen and oxygen atoms in total. The number of aromatic nitrogens is 3. The Morgan fingerprint density at radius 2 is 1.78 bits per heavy atom. The van der Waals surface area contributed by atoms with E-state index in [2.05, 4.69) is 59.9 Å². The van der Waals surface area contributed by atoms with Crippen LogP contribution in [0.5, 0.6) is 11.5 Å². The maximum absolute atomic E-state index is 12.4. The number of pyridine rings is 1. The lowest BCUT2D eigenvalue weighted by molar-refractivity contribution is -0.118. The summed E-state index contributed by atoms with van der Waals surface area (Å²) < 4.78 is 8.01. The van der Waals surface area contributed by atoms with Crippen LogP contribution in [0.4, 0.5) is 11.6 Å². The molecule has 9 heteroatoms. The molecular weight excluding hydrogens is 468 g/mol. The molecule has 0 fully saturated rings. The number of nitrogens with zero attached hydrogens (tertiary/aromatic N) is 3. The minimum Gasteiger partial charge on any atom is -0.457 e. The van der Waals surface area contributed by atoms with Gasteiger partial charge < -0.3 is 25.3 Å². The quantitative estimate of drug-likeness (QED) is 0.257. The molecule has 2 heterocycles. The highest BCUT2D eigenvalue weighted by Gasteiger charge is 2.13. The van der Waals surface area contributed by atoms with Gasteiger partial charge in [0.25, 0.3) is 5.91 Å². The number of anilines is 2. The Hall–Kier alpha value is -4.40. The van der Waals surface area contributed by atoms with Crippen LogP contribution in [0, 0.1) is 6.92 Å². The predicted molar refractivity (Wildman–Crippen MR) is 151 cm³/mol. The van der Waals surface area contributed by atoms with Gasteiger partial charge in [0.1, 0.15) is 17.2 Å².